The molecule has 2 amide bonds. The normalized spacial score (nSPS) is 10.2. The van der Waals surface area contributed by atoms with Crippen LogP contribution in [0.3, 0.4) is 0 Å². The maximum Gasteiger partial charge on any atom is 0.434 e. The van der Waals surface area contributed by atoms with Gasteiger partial charge in [-0.1, -0.05) is 5.11 Å². The molecule has 3 aromatic rings. The third kappa shape index (κ3) is 4.31. The number of nitrogens with one attached hydrogen (secondary N) is 3. The predicted octanol–water partition coefficient (Wildman–Crippen LogP) is 2.44. The number of carbonyl (C=O) groups is 1. The molecular weight excluding hydrogens is 366 g/mol. The molecule has 0 unspecified atom stereocenters. The van der Waals surface area contributed by atoms with Gasteiger partial charge < -0.3 is 9.73 Å². The maximum atomic E-state index is 11.7. The number of amides is 2. The van der Waals surface area contributed by atoms with Crippen molar-refractivity contribution in [1.29, 1.82) is 0 Å². The first kappa shape index (κ1) is 18.6. The van der Waals surface area contributed by atoms with Crippen molar-refractivity contribution in [2.45, 2.75) is 13.5 Å². The van der Waals surface area contributed by atoms with Crippen LogP contribution >= 0.6 is 0 Å². The summed E-state index contributed by atoms with van der Waals surface area (Å²) in [5, 5.41) is 14.8. The molecule has 28 heavy (non-hydrogen) atoms. The summed E-state index contributed by atoms with van der Waals surface area (Å²) in [4.78, 5) is 34.1. The first-order chi connectivity index (χ1) is 13.6. The topological polar surface area (TPSA) is 175 Å². The Morgan fingerprint density at radius 1 is 1.39 bits per heavy atom. The first-order valence-electron chi connectivity index (χ1n) is 8.17. The zero-order valence-corrected chi connectivity index (χ0v) is 14.7. The van der Waals surface area contributed by atoms with Gasteiger partial charge in [-0.15, -0.1) is 5.10 Å². The number of pyridine rings is 2. The molecule has 3 aromatic heterocycles. The van der Waals surface area contributed by atoms with Crippen LogP contribution in [0.15, 0.2) is 44.9 Å². The number of rotatable bonds is 6. The van der Waals surface area contributed by atoms with Crippen LogP contribution in [0, 0.1) is 0 Å². The van der Waals surface area contributed by atoms with E-state index in [0.717, 1.165) is 0 Å². The minimum atomic E-state index is -0.667. The van der Waals surface area contributed by atoms with E-state index in [2.05, 4.69) is 40.8 Å². The average molecular weight is 381 g/mol. The van der Waals surface area contributed by atoms with Gasteiger partial charge in [-0.3, -0.25) is 10.3 Å². The molecule has 0 aliphatic heterocycles. The van der Waals surface area contributed by atoms with Crippen LogP contribution in [0.25, 0.3) is 33.2 Å². The van der Waals surface area contributed by atoms with Crippen molar-refractivity contribution < 1.29 is 9.21 Å². The van der Waals surface area contributed by atoms with E-state index in [0.29, 0.717) is 34.7 Å². The molecular formula is C16H15N9O3. The van der Waals surface area contributed by atoms with Gasteiger partial charge >= 0.3 is 11.8 Å². The Morgan fingerprint density at radius 3 is 2.96 bits per heavy atom. The number of hydrogen-bond donors (Lipinski definition) is 3. The van der Waals surface area contributed by atoms with Gasteiger partial charge in [0.2, 0.25) is 5.89 Å². The van der Waals surface area contributed by atoms with Gasteiger partial charge in [0.05, 0.1) is 12.2 Å². The Labute approximate surface area is 157 Å². The Bertz CT molecular complexity index is 1100. The molecule has 0 spiro atoms. The largest absolute Gasteiger partial charge is 0.434 e. The number of H-pyrrole nitrogens is 1. The lowest BCUT2D eigenvalue weighted by molar-refractivity contribution is 0.252. The molecule has 0 saturated carbocycles. The van der Waals surface area contributed by atoms with E-state index < -0.39 is 11.8 Å². The van der Waals surface area contributed by atoms with Crippen LogP contribution in [-0.2, 0) is 6.54 Å². The number of aromatic nitrogens is 4. The van der Waals surface area contributed by atoms with Crippen LogP contribution in [0.2, 0.25) is 0 Å². The third-order valence-corrected chi connectivity index (χ3v) is 3.59. The van der Waals surface area contributed by atoms with E-state index in [1.165, 1.54) is 12.4 Å². The van der Waals surface area contributed by atoms with Crippen LogP contribution in [0.5, 0.6) is 0 Å². The maximum absolute atomic E-state index is 11.7. The summed E-state index contributed by atoms with van der Waals surface area (Å²) in [7, 11) is 0. The van der Waals surface area contributed by atoms with Crippen molar-refractivity contribution in [2.75, 3.05) is 11.9 Å². The highest BCUT2D eigenvalue weighted by atomic mass is 16.4. The minimum Gasteiger partial charge on any atom is -0.388 e. The summed E-state index contributed by atoms with van der Waals surface area (Å²) in [6, 6.07) is 4.49. The van der Waals surface area contributed by atoms with E-state index in [1.54, 1.807) is 25.1 Å². The van der Waals surface area contributed by atoms with Gasteiger partial charge in [0.1, 0.15) is 5.82 Å². The van der Waals surface area contributed by atoms with E-state index in [9.17, 15) is 9.59 Å². The molecule has 0 radical (unpaired) electrons. The highest BCUT2D eigenvalue weighted by molar-refractivity contribution is 5.88. The lowest BCUT2D eigenvalue weighted by Crippen LogP contribution is -2.28. The van der Waals surface area contributed by atoms with E-state index >= 15 is 0 Å². The number of azide groups is 1. The minimum absolute atomic E-state index is 0.0296. The molecule has 0 aliphatic carbocycles. The lowest BCUT2D eigenvalue weighted by atomic mass is 10.0. The smallest absolute Gasteiger partial charge is 0.388 e. The van der Waals surface area contributed by atoms with Crippen LogP contribution in [-0.4, -0.2) is 32.7 Å². The number of aromatic amines is 1. The average Bonchev–Trinajstić information content (AvgIpc) is 3.13. The predicted molar refractivity (Wildman–Crippen MR) is 99.1 cm³/mol. The van der Waals surface area contributed by atoms with Crippen molar-refractivity contribution in [3.05, 3.63) is 57.1 Å². The molecule has 0 atom stereocenters. The molecule has 12 nitrogen and oxygen atoms in total. The van der Waals surface area contributed by atoms with Crippen molar-refractivity contribution in [1.82, 2.24) is 25.5 Å². The Hall–Kier alpha value is -4.18. The molecule has 3 rings (SSSR count). The second-order valence-electron chi connectivity index (χ2n) is 5.45. The molecule has 3 heterocycles. The van der Waals surface area contributed by atoms with Gasteiger partial charge in [-0.05, 0) is 36.2 Å². The quantitative estimate of drug-likeness (QED) is 0.335. The highest BCUT2D eigenvalue weighted by Gasteiger charge is 2.13. The summed E-state index contributed by atoms with van der Waals surface area (Å²) in [6.07, 6.45) is 3.04. The molecule has 142 valence electrons. The number of hydrogen-bond acceptors (Lipinski definition) is 7. The van der Waals surface area contributed by atoms with Gasteiger partial charge in [-0.2, -0.15) is 0 Å². The molecule has 0 aliphatic rings. The SMILES string of the molecule is CCNC(=O)Nc1cc(CN=[N+]=[N-])c(-c2cc(-c3n[nH]c(=O)o3)ccn2)cn1. The lowest BCUT2D eigenvalue weighted by Gasteiger charge is -2.11. The summed E-state index contributed by atoms with van der Waals surface area (Å²) in [5.74, 6) is -0.250. The summed E-state index contributed by atoms with van der Waals surface area (Å²) in [6.45, 7) is 2.29. The zero-order valence-electron chi connectivity index (χ0n) is 14.7. The van der Waals surface area contributed by atoms with Gasteiger partial charge in [0.15, 0.2) is 0 Å². The van der Waals surface area contributed by atoms with Crippen molar-refractivity contribution in [3.63, 3.8) is 0 Å². The summed E-state index contributed by atoms with van der Waals surface area (Å²) < 4.78 is 4.95. The van der Waals surface area contributed by atoms with Crippen molar-refractivity contribution >= 4 is 11.8 Å². The molecule has 12 heteroatoms. The fraction of sp³-hybridized carbons (Fsp3) is 0.188. The molecule has 3 N–H and O–H groups in total. The number of nitrogens with zero attached hydrogens (tertiary/aromatic N) is 6. The third-order valence-electron chi connectivity index (χ3n) is 3.59. The second-order valence-corrected chi connectivity index (χ2v) is 5.45. The van der Waals surface area contributed by atoms with Gasteiger partial charge in [0.25, 0.3) is 0 Å². The van der Waals surface area contributed by atoms with Gasteiger partial charge in [-0.25, -0.2) is 19.7 Å². The van der Waals surface area contributed by atoms with Crippen LogP contribution in [0.4, 0.5) is 10.6 Å². The standard InChI is InChI=1S/C16H15N9O3/c1-2-18-15(26)22-13-6-10(7-21-25-17)11(8-20-13)12-5-9(3-4-19-12)14-23-24-16(27)28-14/h3-6,8H,2,7H2,1H3,(H,24,27)(H2,18,20,22,26). The molecule has 0 aromatic carbocycles. The summed E-state index contributed by atoms with van der Waals surface area (Å²) >= 11 is 0. The first-order valence-corrected chi connectivity index (χ1v) is 8.17. The fourth-order valence-electron chi connectivity index (χ4n) is 2.42. The second kappa shape index (κ2) is 8.47. The van der Waals surface area contributed by atoms with E-state index in [-0.39, 0.29) is 12.4 Å². The number of anilines is 1. The van der Waals surface area contributed by atoms with Crippen LogP contribution < -0.4 is 16.4 Å². The summed E-state index contributed by atoms with van der Waals surface area (Å²) in [5.41, 5.74) is 10.9. The fourth-order valence-corrected chi connectivity index (χ4v) is 2.42. The molecule has 0 fully saturated rings. The van der Waals surface area contributed by atoms with Crippen molar-refractivity contribution in [3.8, 4) is 22.7 Å². The Kier molecular flexibility index (Phi) is 5.63. The monoisotopic (exact) mass is 381 g/mol. The number of carbonyl (C=O) groups excluding carboxylic acids is 1. The highest BCUT2D eigenvalue weighted by Crippen LogP contribution is 2.27. The zero-order chi connectivity index (χ0) is 19.9. The molecule has 0 bridgehead atoms. The van der Waals surface area contributed by atoms with Crippen LogP contribution in [0.1, 0.15) is 12.5 Å². The van der Waals surface area contributed by atoms with E-state index in [4.69, 9.17) is 9.95 Å². The molecule has 0 saturated heterocycles. The van der Waals surface area contributed by atoms with Gasteiger partial charge in [0, 0.05) is 35.0 Å². The number of urea groups is 1. The Balaban J connectivity index is 1.99. The van der Waals surface area contributed by atoms with E-state index in [1.807, 2.05) is 0 Å². The Morgan fingerprint density at radius 2 is 2.25 bits per heavy atom. The van der Waals surface area contributed by atoms with Crippen molar-refractivity contribution in [2.24, 2.45) is 5.11 Å².